The van der Waals surface area contributed by atoms with E-state index in [1.54, 1.807) is 18.0 Å². The third-order valence-corrected chi connectivity index (χ3v) is 4.09. The van der Waals surface area contributed by atoms with Crippen LogP contribution < -0.4 is 9.88 Å². The number of benzene rings is 1. The number of likely N-dealkylation sites (N-methyl/N-ethyl adjacent to an activating group) is 1. The molecule has 0 heterocycles. The highest BCUT2D eigenvalue weighted by molar-refractivity contribution is 7.89. The minimum absolute atomic E-state index is 0.0611. The number of carbonyl (C=O) groups is 1. The molecule has 1 aromatic carbocycles. The molecule has 0 bridgehead atoms. The Morgan fingerprint density at radius 1 is 1.38 bits per heavy atom. The maximum atomic E-state index is 12.0. The van der Waals surface area contributed by atoms with Crippen LogP contribution in [0.5, 0.6) is 5.75 Å². The number of primary sulfonamides is 1. The minimum Gasteiger partial charge on any atom is -0.495 e. The summed E-state index contributed by atoms with van der Waals surface area (Å²) in [6.07, 6.45) is 2.08. The molecule has 0 fully saturated rings. The van der Waals surface area contributed by atoms with Crippen LogP contribution in [0.3, 0.4) is 0 Å². The van der Waals surface area contributed by atoms with Crippen LogP contribution in [0.1, 0.15) is 25.3 Å². The van der Waals surface area contributed by atoms with Gasteiger partial charge in [-0.1, -0.05) is 19.4 Å². The predicted molar refractivity (Wildman–Crippen MR) is 80.6 cm³/mol. The maximum Gasteiger partial charge on any atom is 0.241 e. The summed E-state index contributed by atoms with van der Waals surface area (Å²) in [5.74, 6) is 0.113. The predicted octanol–water partition coefficient (Wildman–Crippen LogP) is 1.14. The van der Waals surface area contributed by atoms with Crippen molar-refractivity contribution in [3.8, 4) is 5.75 Å². The van der Waals surface area contributed by atoms with Crippen LogP contribution in [0, 0.1) is 0 Å². The molecular formula is C14H22N2O4S. The number of nitrogens with two attached hydrogens (primary N) is 1. The number of methoxy groups -OCH3 is 1. The van der Waals surface area contributed by atoms with Crippen molar-refractivity contribution >= 4 is 15.9 Å². The second-order valence-electron chi connectivity index (χ2n) is 4.88. The summed E-state index contributed by atoms with van der Waals surface area (Å²) in [6.45, 7) is 2.74. The van der Waals surface area contributed by atoms with Crippen LogP contribution in [-0.4, -0.2) is 39.9 Å². The Kier molecular flexibility index (Phi) is 6.17. The fraction of sp³-hybridized carbons (Fsp3) is 0.500. The highest BCUT2D eigenvalue weighted by Crippen LogP contribution is 2.24. The Labute approximate surface area is 125 Å². The SMILES string of the molecule is CCCCN(C)C(=O)Cc1ccc(OC)c(S(N)(=O)=O)c1. The van der Waals surface area contributed by atoms with E-state index in [9.17, 15) is 13.2 Å². The number of rotatable bonds is 7. The van der Waals surface area contributed by atoms with Gasteiger partial charge < -0.3 is 9.64 Å². The van der Waals surface area contributed by atoms with Gasteiger partial charge >= 0.3 is 0 Å². The molecule has 0 aliphatic carbocycles. The zero-order chi connectivity index (χ0) is 16.0. The monoisotopic (exact) mass is 314 g/mol. The number of amides is 1. The number of hydrogen-bond donors (Lipinski definition) is 1. The summed E-state index contributed by atoms with van der Waals surface area (Å²) in [5.41, 5.74) is 0.591. The average molecular weight is 314 g/mol. The van der Waals surface area contributed by atoms with Crippen molar-refractivity contribution in [1.82, 2.24) is 4.90 Å². The van der Waals surface area contributed by atoms with Gasteiger partial charge in [0, 0.05) is 13.6 Å². The lowest BCUT2D eigenvalue weighted by molar-refractivity contribution is -0.129. The van der Waals surface area contributed by atoms with E-state index >= 15 is 0 Å². The first-order valence-electron chi connectivity index (χ1n) is 6.73. The molecule has 118 valence electrons. The molecule has 21 heavy (non-hydrogen) atoms. The van der Waals surface area contributed by atoms with Crippen molar-refractivity contribution in [2.45, 2.75) is 31.1 Å². The molecule has 0 aliphatic heterocycles. The molecular weight excluding hydrogens is 292 g/mol. The summed E-state index contributed by atoms with van der Waals surface area (Å²) in [5, 5.41) is 5.16. The van der Waals surface area contributed by atoms with E-state index in [1.807, 2.05) is 0 Å². The summed E-state index contributed by atoms with van der Waals surface area (Å²) < 4.78 is 28.0. The fourth-order valence-electron chi connectivity index (χ4n) is 1.88. The van der Waals surface area contributed by atoms with Crippen LogP contribution in [0.15, 0.2) is 23.1 Å². The van der Waals surface area contributed by atoms with Gasteiger partial charge in [-0.2, -0.15) is 0 Å². The lowest BCUT2D eigenvalue weighted by Crippen LogP contribution is -2.29. The van der Waals surface area contributed by atoms with Gasteiger partial charge in [-0.15, -0.1) is 0 Å². The molecule has 0 atom stereocenters. The van der Waals surface area contributed by atoms with E-state index < -0.39 is 10.0 Å². The van der Waals surface area contributed by atoms with Gasteiger partial charge in [0.15, 0.2) is 0 Å². The Hall–Kier alpha value is -1.60. The summed E-state index contributed by atoms with van der Waals surface area (Å²) in [4.78, 5) is 13.6. The van der Waals surface area contributed by atoms with Crippen molar-refractivity contribution in [2.24, 2.45) is 5.14 Å². The van der Waals surface area contributed by atoms with E-state index in [0.29, 0.717) is 12.1 Å². The molecule has 1 rings (SSSR count). The number of carbonyl (C=O) groups excluding carboxylic acids is 1. The van der Waals surface area contributed by atoms with E-state index in [2.05, 4.69) is 6.92 Å². The third-order valence-electron chi connectivity index (χ3n) is 3.16. The summed E-state index contributed by atoms with van der Waals surface area (Å²) >= 11 is 0. The minimum atomic E-state index is -3.89. The molecule has 1 aromatic rings. The van der Waals surface area contributed by atoms with Crippen molar-refractivity contribution in [1.29, 1.82) is 0 Å². The number of nitrogens with zero attached hydrogens (tertiary/aromatic N) is 1. The number of unbranched alkanes of at least 4 members (excludes halogenated alkanes) is 1. The second-order valence-corrected chi connectivity index (χ2v) is 6.41. The Morgan fingerprint density at radius 3 is 2.57 bits per heavy atom. The zero-order valence-electron chi connectivity index (χ0n) is 12.6. The lowest BCUT2D eigenvalue weighted by Gasteiger charge is -2.17. The van der Waals surface area contributed by atoms with E-state index in [4.69, 9.17) is 9.88 Å². The van der Waals surface area contributed by atoms with Crippen LogP contribution in [0.25, 0.3) is 0 Å². The van der Waals surface area contributed by atoms with Crippen LogP contribution in [0.2, 0.25) is 0 Å². The molecule has 1 amide bonds. The number of hydrogen-bond acceptors (Lipinski definition) is 4. The van der Waals surface area contributed by atoms with Crippen molar-refractivity contribution in [3.05, 3.63) is 23.8 Å². The summed E-state index contributed by atoms with van der Waals surface area (Å²) in [6, 6.07) is 4.56. The Balaban J connectivity index is 2.93. The van der Waals surface area contributed by atoms with Gasteiger partial charge in [-0.05, 0) is 24.1 Å². The molecule has 0 radical (unpaired) electrons. The van der Waals surface area contributed by atoms with Crippen molar-refractivity contribution in [2.75, 3.05) is 20.7 Å². The number of sulfonamides is 1. The standard InChI is InChI=1S/C14H22N2O4S/c1-4-5-8-16(2)14(17)10-11-6-7-12(20-3)13(9-11)21(15,18)19/h6-7,9H,4-5,8,10H2,1-3H3,(H2,15,18,19). The van der Waals surface area contributed by atoms with Crippen molar-refractivity contribution in [3.63, 3.8) is 0 Å². The molecule has 6 nitrogen and oxygen atoms in total. The molecule has 0 spiro atoms. The molecule has 0 aliphatic rings. The van der Waals surface area contributed by atoms with Gasteiger partial charge in [0.1, 0.15) is 10.6 Å². The third kappa shape index (κ3) is 5.02. The fourth-order valence-corrected chi connectivity index (χ4v) is 2.63. The highest BCUT2D eigenvalue weighted by Gasteiger charge is 2.17. The number of ether oxygens (including phenoxy) is 1. The molecule has 0 saturated heterocycles. The first kappa shape index (κ1) is 17.5. The first-order valence-corrected chi connectivity index (χ1v) is 8.28. The van der Waals surface area contributed by atoms with E-state index in [0.717, 1.165) is 12.8 Å². The molecule has 0 aromatic heterocycles. The Morgan fingerprint density at radius 2 is 2.05 bits per heavy atom. The zero-order valence-corrected chi connectivity index (χ0v) is 13.4. The quantitative estimate of drug-likeness (QED) is 0.817. The molecule has 0 saturated carbocycles. The summed E-state index contributed by atoms with van der Waals surface area (Å²) in [7, 11) is -0.782. The van der Waals surface area contributed by atoms with Gasteiger partial charge in [0.2, 0.25) is 15.9 Å². The van der Waals surface area contributed by atoms with Gasteiger partial charge in [0.25, 0.3) is 0 Å². The Bertz CT molecular complexity index is 599. The smallest absolute Gasteiger partial charge is 0.241 e. The van der Waals surface area contributed by atoms with Crippen molar-refractivity contribution < 1.29 is 17.9 Å². The van der Waals surface area contributed by atoms with Gasteiger partial charge in [0.05, 0.1) is 13.5 Å². The molecule has 0 unspecified atom stereocenters. The topological polar surface area (TPSA) is 89.7 Å². The molecule has 2 N–H and O–H groups in total. The van der Waals surface area contributed by atoms with Crippen LogP contribution >= 0.6 is 0 Å². The van der Waals surface area contributed by atoms with Crippen LogP contribution in [0.4, 0.5) is 0 Å². The first-order chi connectivity index (χ1) is 9.79. The van der Waals surface area contributed by atoms with Gasteiger partial charge in [-0.25, -0.2) is 13.6 Å². The van der Waals surface area contributed by atoms with Crippen LogP contribution in [-0.2, 0) is 21.2 Å². The second kappa shape index (κ2) is 7.42. The van der Waals surface area contributed by atoms with Gasteiger partial charge in [-0.3, -0.25) is 4.79 Å². The normalized spacial score (nSPS) is 11.2. The largest absolute Gasteiger partial charge is 0.495 e. The molecule has 7 heteroatoms. The van der Waals surface area contributed by atoms with E-state index in [-0.39, 0.29) is 23.0 Å². The maximum absolute atomic E-state index is 12.0. The van der Waals surface area contributed by atoms with E-state index in [1.165, 1.54) is 19.2 Å². The lowest BCUT2D eigenvalue weighted by atomic mass is 10.1. The highest BCUT2D eigenvalue weighted by atomic mass is 32.2. The average Bonchev–Trinajstić information content (AvgIpc) is 2.43.